The normalized spacial score (nSPS) is 16.4. The van der Waals surface area contributed by atoms with Crippen LogP contribution in [0, 0.1) is 11.8 Å². The van der Waals surface area contributed by atoms with Crippen LogP contribution in [0.4, 0.5) is 13.2 Å². The van der Waals surface area contributed by atoms with Gasteiger partial charge in [0.2, 0.25) is 5.91 Å². The van der Waals surface area contributed by atoms with Crippen LogP contribution in [0.1, 0.15) is 38.7 Å². The Bertz CT molecular complexity index is 626. The minimum Gasteiger partial charge on any atom is -0.496 e. The van der Waals surface area contributed by atoms with E-state index in [1.165, 1.54) is 4.90 Å². The van der Waals surface area contributed by atoms with Crippen LogP contribution in [0.15, 0.2) is 24.3 Å². The summed E-state index contributed by atoms with van der Waals surface area (Å²) < 4.78 is 43.3. The van der Waals surface area contributed by atoms with E-state index in [0.717, 1.165) is 43.8 Å². The van der Waals surface area contributed by atoms with E-state index >= 15 is 0 Å². The Morgan fingerprint density at radius 1 is 1.25 bits per heavy atom. The van der Waals surface area contributed by atoms with Gasteiger partial charge in [-0.2, -0.15) is 13.2 Å². The van der Waals surface area contributed by atoms with Crippen LogP contribution in [0.2, 0.25) is 0 Å². The van der Waals surface area contributed by atoms with Gasteiger partial charge in [-0.25, -0.2) is 0 Å². The number of para-hydroxylation sites is 1. The maximum absolute atomic E-state index is 12.6. The maximum Gasteiger partial charge on any atom is 0.397 e. The molecular formula is C21H31F3N2O2. The molecule has 0 bridgehead atoms. The number of carbonyl (C=O) groups is 1. The lowest BCUT2D eigenvalue weighted by molar-refractivity contribution is -0.162. The number of hydrogen-bond donors (Lipinski definition) is 0. The number of carbonyl (C=O) groups excluding carboxylic acids is 1. The van der Waals surface area contributed by atoms with Gasteiger partial charge >= 0.3 is 6.18 Å². The summed E-state index contributed by atoms with van der Waals surface area (Å²) in [5.74, 6) is 0.441. The minimum atomic E-state index is -4.45. The number of likely N-dealkylation sites (tertiary alicyclic amines) is 1. The molecule has 4 nitrogen and oxygen atoms in total. The second kappa shape index (κ2) is 10.1. The summed E-state index contributed by atoms with van der Waals surface area (Å²) in [6.45, 7) is 7.15. The lowest BCUT2D eigenvalue weighted by atomic mass is 9.95. The molecule has 1 aromatic rings. The van der Waals surface area contributed by atoms with Crippen molar-refractivity contribution in [3.05, 3.63) is 29.8 Å². The summed E-state index contributed by atoms with van der Waals surface area (Å²) >= 11 is 0. The highest BCUT2D eigenvalue weighted by molar-refractivity contribution is 5.76. The molecule has 1 aliphatic heterocycles. The van der Waals surface area contributed by atoms with Gasteiger partial charge in [0.05, 0.1) is 7.11 Å². The molecule has 1 aromatic carbocycles. The van der Waals surface area contributed by atoms with Crippen LogP contribution in [0.25, 0.3) is 0 Å². The van der Waals surface area contributed by atoms with Crippen LogP contribution < -0.4 is 4.74 Å². The first kappa shape index (κ1) is 22.5. The van der Waals surface area contributed by atoms with E-state index in [-0.39, 0.29) is 11.8 Å². The lowest BCUT2D eigenvalue weighted by Crippen LogP contribution is -2.43. The zero-order valence-corrected chi connectivity index (χ0v) is 17.0. The first-order valence-corrected chi connectivity index (χ1v) is 9.86. The molecular weight excluding hydrogens is 369 g/mol. The molecule has 1 heterocycles. The fourth-order valence-corrected chi connectivity index (χ4v) is 3.72. The summed E-state index contributed by atoms with van der Waals surface area (Å²) in [6, 6.07) is 7.92. The maximum atomic E-state index is 12.6. The number of amides is 1. The Morgan fingerprint density at radius 2 is 1.89 bits per heavy atom. The van der Waals surface area contributed by atoms with Crippen molar-refractivity contribution in [2.45, 2.75) is 45.8 Å². The van der Waals surface area contributed by atoms with Gasteiger partial charge in [0.15, 0.2) is 0 Å². The number of halogens is 3. The first-order valence-electron chi connectivity index (χ1n) is 9.86. The molecule has 158 valence electrons. The van der Waals surface area contributed by atoms with E-state index in [2.05, 4.69) is 4.90 Å². The minimum absolute atomic E-state index is 0.141. The lowest BCUT2D eigenvalue weighted by Gasteiger charge is -2.35. The summed E-state index contributed by atoms with van der Waals surface area (Å²) in [5, 5.41) is 0. The van der Waals surface area contributed by atoms with Crippen molar-refractivity contribution in [1.82, 2.24) is 9.80 Å². The molecule has 0 N–H and O–H groups in total. The van der Waals surface area contributed by atoms with E-state index < -0.39 is 18.5 Å². The first-order chi connectivity index (χ1) is 13.2. The Hall–Kier alpha value is -1.76. The number of nitrogens with zero attached hydrogens (tertiary/aromatic N) is 2. The summed E-state index contributed by atoms with van der Waals surface area (Å²) in [6.07, 6.45) is -4.07. The Morgan fingerprint density at radius 3 is 2.46 bits per heavy atom. The van der Waals surface area contributed by atoms with Gasteiger partial charge < -0.3 is 9.64 Å². The molecule has 0 spiro atoms. The van der Waals surface area contributed by atoms with Crippen molar-refractivity contribution in [1.29, 1.82) is 0 Å². The highest BCUT2D eigenvalue weighted by atomic mass is 19.4. The van der Waals surface area contributed by atoms with Gasteiger partial charge in [0.25, 0.3) is 0 Å². The predicted octanol–water partition coefficient (Wildman–Crippen LogP) is 4.34. The van der Waals surface area contributed by atoms with E-state index in [1.54, 1.807) is 7.11 Å². The van der Waals surface area contributed by atoms with Crippen molar-refractivity contribution in [3.63, 3.8) is 0 Å². The number of hydrogen-bond acceptors (Lipinski definition) is 3. The number of benzene rings is 1. The number of methoxy groups -OCH3 is 1. The Balaban J connectivity index is 1.88. The molecule has 0 unspecified atom stereocenters. The summed E-state index contributed by atoms with van der Waals surface area (Å²) in [5.41, 5.74) is 1.13. The Labute approximate surface area is 165 Å². The zero-order chi connectivity index (χ0) is 20.7. The number of ether oxygens (including phenoxy) is 1. The molecule has 0 atom stereocenters. The third-order valence-electron chi connectivity index (χ3n) is 5.06. The van der Waals surface area contributed by atoms with Crippen LogP contribution in [0.3, 0.4) is 0 Å². The summed E-state index contributed by atoms with van der Waals surface area (Å²) in [4.78, 5) is 15.9. The van der Waals surface area contributed by atoms with Gasteiger partial charge in [-0.15, -0.1) is 0 Å². The average molecular weight is 400 g/mol. The van der Waals surface area contributed by atoms with E-state index in [9.17, 15) is 18.0 Å². The number of rotatable bonds is 8. The quantitative estimate of drug-likeness (QED) is 0.651. The molecule has 0 aromatic heterocycles. The average Bonchev–Trinajstić information content (AvgIpc) is 2.61. The molecule has 7 heteroatoms. The van der Waals surface area contributed by atoms with Gasteiger partial charge in [0.1, 0.15) is 12.2 Å². The van der Waals surface area contributed by atoms with Crippen molar-refractivity contribution >= 4 is 5.91 Å². The van der Waals surface area contributed by atoms with E-state index in [0.29, 0.717) is 13.1 Å². The highest BCUT2D eigenvalue weighted by Gasteiger charge is 2.34. The smallest absolute Gasteiger partial charge is 0.397 e. The monoisotopic (exact) mass is 400 g/mol. The molecule has 0 aliphatic carbocycles. The van der Waals surface area contributed by atoms with Gasteiger partial charge in [-0.3, -0.25) is 9.69 Å². The van der Waals surface area contributed by atoms with Gasteiger partial charge in [0, 0.05) is 25.2 Å². The van der Waals surface area contributed by atoms with Gasteiger partial charge in [-0.05, 0) is 43.8 Å². The van der Waals surface area contributed by atoms with Crippen LogP contribution in [0.5, 0.6) is 5.75 Å². The molecule has 1 aliphatic rings. The van der Waals surface area contributed by atoms with Crippen molar-refractivity contribution in [3.8, 4) is 5.75 Å². The highest BCUT2D eigenvalue weighted by Crippen LogP contribution is 2.26. The molecule has 0 radical (unpaired) electrons. The fraction of sp³-hybridized carbons (Fsp3) is 0.667. The number of piperidine rings is 1. The second-order valence-electron chi connectivity index (χ2n) is 8.02. The predicted molar refractivity (Wildman–Crippen MR) is 103 cm³/mol. The van der Waals surface area contributed by atoms with Crippen LogP contribution in [-0.2, 0) is 11.3 Å². The van der Waals surface area contributed by atoms with Crippen LogP contribution in [-0.4, -0.2) is 55.2 Å². The van der Waals surface area contributed by atoms with Gasteiger partial charge in [-0.1, -0.05) is 32.0 Å². The zero-order valence-electron chi connectivity index (χ0n) is 17.0. The third-order valence-corrected chi connectivity index (χ3v) is 5.06. The standard InChI is InChI=1S/C21H31F3N2O2/c1-16(2)13-26(20(27)12-21(22,23)24)14-17-8-10-25(11-9-17)15-18-6-4-5-7-19(18)28-3/h4-7,16-17H,8-15H2,1-3H3. The number of alkyl halides is 3. The molecule has 1 saturated heterocycles. The summed E-state index contributed by atoms with van der Waals surface area (Å²) in [7, 11) is 1.66. The van der Waals surface area contributed by atoms with Crippen molar-refractivity contribution < 1.29 is 22.7 Å². The molecule has 0 saturated carbocycles. The van der Waals surface area contributed by atoms with Crippen LogP contribution >= 0.6 is 0 Å². The van der Waals surface area contributed by atoms with Crippen molar-refractivity contribution in [2.24, 2.45) is 11.8 Å². The molecule has 1 amide bonds. The topological polar surface area (TPSA) is 32.8 Å². The molecule has 1 fully saturated rings. The Kier molecular flexibility index (Phi) is 8.16. The second-order valence-corrected chi connectivity index (χ2v) is 8.02. The van der Waals surface area contributed by atoms with E-state index in [4.69, 9.17) is 4.74 Å². The molecule has 2 rings (SSSR count). The van der Waals surface area contributed by atoms with Crippen molar-refractivity contribution in [2.75, 3.05) is 33.3 Å². The SMILES string of the molecule is COc1ccccc1CN1CCC(CN(CC(C)C)C(=O)CC(F)(F)F)CC1. The fourth-order valence-electron chi connectivity index (χ4n) is 3.72. The largest absolute Gasteiger partial charge is 0.496 e. The van der Waals surface area contributed by atoms with E-state index in [1.807, 2.05) is 38.1 Å². The third kappa shape index (κ3) is 7.34. The molecule has 28 heavy (non-hydrogen) atoms.